The molecule has 1 nitrogen and oxygen atoms in total. The highest BCUT2D eigenvalue weighted by atomic mass is 15.1. The molecule has 0 aromatic heterocycles. The van der Waals surface area contributed by atoms with Crippen LogP contribution in [0.4, 0.5) is 0 Å². The fourth-order valence-corrected chi connectivity index (χ4v) is 5.37. The summed E-state index contributed by atoms with van der Waals surface area (Å²) in [6, 6.07) is 0.767. The van der Waals surface area contributed by atoms with Crippen LogP contribution in [0, 0.1) is 23.2 Å². The molecule has 4 rings (SSSR count). The lowest BCUT2D eigenvalue weighted by Gasteiger charge is -2.57. The van der Waals surface area contributed by atoms with E-state index >= 15 is 0 Å². The maximum atomic E-state index is 2.39. The SMILES string of the molecule is CC(CCC12CC3CC(CC(C3)C1)C2)N(C)C. The van der Waals surface area contributed by atoms with Gasteiger partial charge in [-0.2, -0.15) is 0 Å². The second kappa shape index (κ2) is 4.26. The Morgan fingerprint density at radius 1 is 1.00 bits per heavy atom. The van der Waals surface area contributed by atoms with Crippen molar-refractivity contribution in [1.29, 1.82) is 0 Å². The van der Waals surface area contributed by atoms with Crippen LogP contribution in [0.25, 0.3) is 0 Å². The first-order valence-corrected chi connectivity index (χ1v) is 7.73. The van der Waals surface area contributed by atoms with Crippen molar-refractivity contribution >= 4 is 0 Å². The summed E-state index contributed by atoms with van der Waals surface area (Å²) in [6.07, 6.45) is 12.4. The largest absolute Gasteiger partial charge is 0.307 e. The van der Waals surface area contributed by atoms with E-state index in [0.29, 0.717) is 0 Å². The van der Waals surface area contributed by atoms with E-state index in [1.165, 1.54) is 12.8 Å². The van der Waals surface area contributed by atoms with Gasteiger partial charge in [-0.05, 0) is 95.6 Å². The summed E-state index contributed by atoms with van der Waals surface area (Å²) in [5, 5.41) is 0. The number of nitrogens with zero attached hydrogens (tertiary/aromatic N) is 1. The van der Waals surface area contributed by atoms with Crippen LogP contribution in [0.15, 0.2) is 0 Å². The molecule has 0 aromatic carbocycles. The van der Waals surface area contributed by atoms with Crippen molar-refractivity contribution in [3.05, 3.63) is 0 Å². The molecule has 0 N–H and O–H groups in total. The van der Waals surface area contributed by atoms with Crippen LogP contribution in [0.3, 0.4) is 0 Å². The highest BCUT2D eigenvalue weighted by molar-refractivity contribution is 5.01. The second-order valence-corrected chi connectivity index (χ2v) is 7.77. The van der Waals surface area contributed by atoms with E-state index in [9.17, 15) is 0 Å². The van der Waals surface area contributed by atoms with E-state index in [-0.39, 0.29) is 0 Å². The third-order valence-electron chi connectivity index (χ3n) is 6.14. The number of hydrogen-bond donors (Lipinski definition) is 0. The molecule has 0 heterocycles. The van der Waals surface area contributed by atoms with Gasteiger partial charge >= 0.3 is 0 Å². The minimum atomic E-state index is 0.767. The summed E-state index contributed by atoms with van der Waals surface area (Å²) in [7, 11) is 4.45. The molecule has 0 radical (unpaired) electrons. The molecule has 4 bridgehead atoms. The fourth-order valence-electron chi connectivity index (χ4n) is 5.37. The Morgan fingerprint density at radius 2 is 1.47 bits per heavy atom. The summed E-state index contributed by atoms with van der Waals surface area (Å²) in [5.41, 5.74) is 0.791. The molecule has 4 fully saturated rings. The highest BCUT2D eigenvalue weighted by Gasteiger charge is 2.50. The van der Waals surface area contributed by atoms with Crippen molar-refractivity contribution in [2.45, 2.75) is 64.3 Å². The minimum absolute atomic E-state index is 0.767. The van der Waals surface area contributed by atoms with Gasteiger partial charge in [-0.3, -0.25) is 0 Å². The van der Waals surface area contributed by atoms with E-state index in [2.05, 4.69) is 25.9 Å². The highest BCUT2D eigenvalue weighted by Crippen LogP contribution is 2.61. The molecular formula is C16H29N. The van der Waals surface area contributed by atoms with E-state index < -0.39 is 0 Å². The zero-order chi connectivity index (χ0) is 12.0. The van der Waals surface area contributed by atoms with Gasteiger partial charge in [0.1, 0.15) is 0 Å². The normalized spacial score (nSPS) is 45.5. The molecule has 17 heavy (non-hydrogen) atoms. The van der Waals surface area contributed by atoms with Crippen LogP contribution in [-0.2, 0) is 0 Å². The first kappa shape index (κ1) is 12.0. The molecular weight excluding hydrogens is 206 g/mol. The van der Waals surface area contributed by atoms with Crippen molar-refractivity contribution in [2.24, 2.45) is 23.2 Å². The standard InChI is InChI=1S/C16H29N/c1-12(17(2)3)4-5-16-9-13-6-14(10-16)8-15(7-13)11-16/h12-15H,4-11H2,1-3H3. The van der Waals surface area contributed by atoms with E-state index in [4.69, 9.17) is 0 Å². The lowest BCUT2D eigenvalue weighted by Crippen LogP contribution is -2.46. The van der Waals surface area contributed by atoms with E-state index in [1.807, 2.05) is 0 Å². The predicted octanol–water partition coefficient (Wildman–Crippen LogP) is 3.93. The summed E-state index contributed by atoms with van der Waals surface area (Å²) in [5.74, 6) is 3.36. The first-order chi connectivity index (χ1) is 8.06. The summed E-state index contributed by atoms with van der Waals surface area (Å²) < 4.78 is 0. The monoisotopic (exact) mass is 235 g/mol. The van der Waals surface area contributed by atoms with Gasteiger partial charge in [0.15, 0.2) is 0 Å². The molecule has 0 aliphatic heterocycles. The minimum Gasteiger partial charge on any atom is -0.307 e. The predicted molar refractivity (Wildman–Crippen MR) is 73.0 cm³/mol. The maximum Gasteiger partial charge on any atom is 0.00610 e. The molecule has 0 amide bonds. The van der Waals surface area contributed by atoms with Gasteiger partial charge in [0, 0.05) is 6.04 Å². The molecule has 98 valence electrons. The molecule has 1 unspecified atom stereocenters. The molecule has 4 aliphatic rings. The van der Waals surface area contributed by atoms with Crippen LogP contribution < -0.4 is 0 Å². The molecule has 0 aromatic rings. The van der Waals surface area contributed by atoms with Crippen molar-refractivity contribution in [2.75, 3.05) is 14.1 Å². The molecule has 0 spiro atoms. The van der Waals surface area contributed by atoms with E-state index in [0.717, 1.165) is 29.2 Å². The molecule has 4 saturated carbocycles. The van der Waals surface area contributed by atoms with Crippen molar-refractivity contribution in [3.63, 3.8) is 0 Å². The Morgan fingerprint density at radius 3 is 1.88 bits per heavy atom. The first-order valence-electron chi connectivity index (χ1n) is 7.73. The molecule has 4 aliphatic carbocycles. The Hall–Kier alpha value is -0.0400. The number of rotatable bonds is 4. The zero-order valence-corrected chi connectivity index (χ0v) is 11.9. The van der Waals surface area contributed by atoms with Gasteiger partial charge in [0.2, 0.25) is 0 Å². The van der Waals surface area contributed by atoms with Gasteiger partial charge in [0.05, 0.1) is 0 Å². The zero-order valence-electron chi connectivity index (χ0n) is 11.9. The second-order valence-electron chi connectivity index (χ2n) is 7.77. The Balaban J connectivity index is 1.62. The third-order valence-corrected chi connectivity index (χ3v) is 6.14. The smallest absolute Gasteiger partial charge is 0.00610 e. The number of hydrogen-bond acceptors (Lipinski definition) is 1. The van der Waals surface area contributed by atoms with Crippen molar-refractivity contribution in [1.82, 2.24) is 4.90 Å². The Labute approximate surface area is 107 Å². The van der Waals surface area contributed by atoms with Gasteiger partial charge in [0.25, 0.3) is 0 Å². The van der Waals surface area contributed by atoms with Crippen LogP contribution >= 0.6 is 0 Å². The van der Waals surface area contributed by atoms with Crippen molar-refractivity contribution < 1.29 is 0 Å². The quantitative estimate of drug-likeness (QED) is 0.713. The van der Waals surface area contributed by atoms with Crippen molar-refractivity contribution in [3.8, 4) is 0 Å². The maximum absolute atomic E-state index is 2.39. The van der Waals surface area contributed by atoms with Crippen LogP contribution in [0.2, 0.25) is 0 Å². The lowest BCUT2D eigenvalue weighted by atomic mass is 9.48. The summed E-state index contributed by atoms with van der Waals surface area (Å²) in [4.78, 5) is 2.39. The van der Waals surface area contributed by atoms with Gasteiger partial charge < -0.3 is 4.90 Å². The van der Waals surface area contributed by atoms with Crippen LogP contribution in [0.1, 0.15) is 58.3 Å². The molecule has 1 heteroatoms. The average Bonchev–Trinajstić information content (AvgIpc) is 2.24. The molecule has 1 atom stereocenters. The average molecular weight is 235 g/mol. The fraction of sp³-hybridized carbons (Fsp3) is 1.00. The lowest BCUT2D eigenvalue weighted by molar-refractivity contribution is -0.0602. The third kappa shape index (κ3) is 2.28. The van der Waals surface area contributed by atoms with E-state index in [1.54, 1.807) is 38.5 Å². The summed E-state index contributed by atoms with van der Waals surface area (Å²) in [6.45, 7) is 2.39. The Bertz CT molecular complexity index is 246. The molecule has 0 saturated heterocycles. The van der Waals surface area contributed by atoms with Crippen LogP contribution in [0.5, 0.6) is 0 Å². The van der Waals surface area contributed by atoms with Gasteiger partial charge in [-0.1, -0.05) is 0 Å². The van der Waals surface area contributed by atoms with Gasteiger partial charge in [-0.15, -0.1) is 0 Å². The topological polar surface area (TPSA) is 3.24 Å². The Kier molecular flexibility index (Phi) is 3.01. The summed E-state index contributed by atoms with van der Waals surface area (Å²) >= 11 is 0. The van der Waals surface area contributed by atoms with Crippen LogP contribution in [-0.4, -0.2) is 25.0 Å². The van der Waals surface area contributed by atoms with Gasteiger partial charge in [-0.25, -0.2) is 0 Å².